The van der Waals surface area contributed by atoms with E-state index in [0.29, 0.717) is 18.3 Å². The number of aromatic nitrogens is 4. The molecule has 1 amide bonds. The van der Waals surface area contributed by atoms with E-state index < -0.39 is 0 Å². The minimum atomic E-state index is -0.339. The fourth-order valence-electron chi connectivity index (χ4n) is 3.43. The number of nitrogens with one attached hydrogen (secondary N) is 2. The second-order valence-corrected chi connectivity index (χ2v) is 6.87. The van der Waals surface area contributed by atoms with Crippen molar-refractivity contribution < 1.29 is 9.32 Å². The van der Waals surface area contributed by atoms with E-state index in [-0.39, 0.29) is 23.8 Å². The Morgan fingerprint density at radius 3 is 2.89 bits per heavy atom. The molecule has 3 heterocycles. The van der Waals surface area contributed by atoms with Gasteiger partial charge in [-0.3, -0.25) is 9.48 Å². The largest absolute Gasteiger partial charge is 0.346 e. The number of amides is 1. The third-order valence-electron chi connectivity index (χ3n) is 4.91. The molecule has 1 aromatic carbocycles. The van der Waals surface area contributed by atoms with E-state index in [4.69, 9.17) is 4.52 Å². The first kappa shape index (κ1) is 17.4. The Balaban J connectivity index is 1.44. The Hall–Kier alpha value is -3.00. The van der Waals surface area contributed by atoms with Crippen molar-refractivity contribution in [2.75, 3.05) is 13.1 Å². The summed E-state index contributed by atoms with van der Waals surface area (Å²) in [5, 5.41) is 14.6. The number of carbonyl (C=O) groups excluding carboxylic acids is 1. The fraction of sp³-hybridized carbons (Fsp3) is 0.368. The summed E-state index contributed by atoms with van der Waals surface area (Å²) in [7, 11) is 1.88. The van der Waals surface area contributed by atoms with Gasteiger partial charge in [0.2, 0.25) is 5.91 Å². The average molecular weight is 366 g/mol. The molecule has 8 heteroatoms. The number of benzene rings is 1. The van der Waals surface area contributed by atoms with Gasteiger partial charge in [-0.15, -0.1) is 0 Å². The van der Waals surface area contributed by atoms with Gasteiger partial charge in [-0.05, 0) is 24.6 Å². The van der Waals surface area contributed by atoms with Gasteiger partial charge >= 0.3 is 0 Å². The molecule has 1 fully saturated rings. The molecule has 1 aliphatic rings. The van der Waals surface area contributed by atoms with Gasteiger partial charge < -0.3 is 15.2 Å². The molecule has 3 aromatic rings. The molecular formula is C19H22N6O2. The first-order valence-corrected chi connectivity index (χ1v) is 9.00. The van der Waals surface area contributed by atoms with Crippen LogP contribution in [-0.2, 0) is 11.8 Å². The predicted molar refractivity (Wildman–Crippen MR) is 98.6 cm³/mol. The molecular weight excluding hydrogens is 344 g/mol. The SMILES string of the molecule is CC(NC(=O)[C@H]1CNC[C@@H]1c1cnn(C)c1)c1noc(-c2ccccc2)n1. The molecule has 1 saturated heterocycles. The lowest BCUT2D eigenvalue weighted by atomic mass is 9.90. The first-order valence-electron chi connectivity index (χ1n) is 9.00. The van der Waals surface area contributed by atoms with Gasteiger partial charge in [0, 0.05) is 37.8 Å². The molecule has 140 valence electrons. The van der Waals surface area contributed by atoms with Crippen molar-refractivity contribution in [2.24, 2.45) is 13.0 Å². The van der Waals surface area contributed by atoms with Crippen LogP contribution in [0.1, 0.15) is 30.3 Å². The lowest BCUT2D eigenvalue weighted by Crippen LogP contribution is -2.36. The molecule has 4 rings (SSSR count). The van der Waals surface area contributed by atoms with E-state index in [1.807, 2.05) is 56.7 Å². The zero-order valence-corrected chi connectivity index (χ0v) is 15.3. The van der Waals surface area contributed by atoms with Gasteiger partial charge in [0.15, 0.2) is 5.82 Å². The van der Waals surface area contributed by atoms with Crippen molar-refractivity contribution in [2.45, 2.75) is 18.9 Å². The fourth-order valence-corrected chi connectivity index (χ4v) is 3.43. The molecule has 0 spiro atoms. The number of aryl methyl sites for hydroxylation is 1. The third-order valence-corrected chi connectivity index (χ3v) is 4.91. The van der Waals surface area contributed by atoms with Crippen LogP contribution < -0.4 is 10.6 Å². The highest BCUT2D eigenvalue weighted by molar-refractivity contribution is 5.80. The van der Waals surface area contributed by atoms with Crippen LogP contribution in [0.25, 0.3) is 11.5 Å². The lowest BCUT2D eigenvalue weighted by Gasteiger charge is -2.19. The minimum absolute atomic E-state index is 0.0209. The number of carbonyl (C=O) groups is 1. The zero-order chi connectivity index (χ0) is 18.8. The van der Waals surface area contributed by atoms with Crippen LogP contribution in [0, 0.1) is 5.92 Å². The minimum Gasteiger partial charge on any atom is -0.346 e. The van der Waals surface area contributed by atoms with E-state index >= 15 is 0 Å². The van der Waals surface area contributed by atoms with E-state index in [0.717, 1.165) is 17.7 Å². The second-order valence-electron chi connectivity index (χ2n) is 6.87. The van der Waals surface area contributed by atoms with E-state index in [1.54, 1.807) is 4.68 Å². The smallest absolute Gasteiger partial charge is 0.257 e. The highest BCUT2D eigenvalue weighted by Gasteiger charge is 2.35. The maximum Gasteiger partial charge on any atom is 0.257 e. The monoisotopic (exact) mass is 366 g/mol. The molecule has 0 radical (unpaired) electrons. The van der Waals surface area contributed by atoms with Crippen LogP contribution in [0.4, 0.5) is 0 Å². The first-order chi connectivity index (χ1) is 13.1. The van der Waals surface area contributed by atoms with Crippen LogP contribution in [0.3, 0.4) is 0 Å². The third kappa shape index (κ3) is 3.61. The van der Waals surface area contributed by atoms with Crippen molar-refractivity contribution in [1.82, 2.24) is 30.6 Å². The summed E-state index contributed by atoms with van der Waals surface area (Å²) in [6.45, 7) is 3.26. The quantitative estimate of drug-likeness (QED) is 0.713. The van der Waals surface area contributed by atoms with Crippen LogP contribution >= 0.6 is 0 Å². The summed E-state index contributed by atoms with van der Waals surface area (Å²) >= 11 is 0. The highest BCUT2D eigenvalue weighted by Crippen LogP contribution is 2.28. The van der Waals surface area contributed by atoms with Gasteiger partial charge in [-0.25, -0.2) is 0 Å². The Morgan fingerprint density at radius 2 is 2.15 bits per heavy atom. The molecule has 3 atom stereocenters. The van der Waals surface area contributed by atoms with E-state index in [9.17, 15) is 4.79 Å². The summed E-state index contributed by atoms with van der Waals surface area (Å²) in [6.07, 6.45) is 3.79. The lowest BCUT2D eigenvalue weighted by molar-refractivity contribution is -0.125. The molecule has 8 nitrogen and oxygen atoms in total. The Kier molecular flexibility index (Phi) is 4.72. The zero-order valence-electron chi connectivity index (χ0n) is 15.3. The maximum absolute atomic E-state index is 12.8. The number of hydrogen-bond acceptors (Lipinski definition) is 6. The van der Waals surface area contributed by atoms with Crippen LogP contribution in [-0.4, -0.2) is 38.9 Å². The highest BCUT2D eigenvalue weighted by atomic mass is 16.5. The summed E-state index contributed by atoms with van der Waals surface area (Å²) in [4.78, 5) is 17.3. The molecule has 27 heavy (non-hydrogen) atoms. The van der Waals surface area contributed by atoms with E-state index in [2.05, 4.69) is 25.9 Å². The summed E-state index contributed by atoms with van der Waals surface area (Å²) < 4.78 is 7.10. The van der Waals surface area contributed by atoms with E-state index in [1.165, 1.54) is 0 Å². The molecule has 0 bridgehead atoms. The summed E-state index contributed by atoms with van der Waals surface area (Å²) in [5.74, 6) is 0.842. The van der Waals surface area contributed by atoms with Crippen LogP contribution in [0.5, 0.6) is 0 Å². The van der Waals surface area contributed by atoms with Crippen LogP contribution in [0.15, 0.2) is 47.2 Å². The number of rotatable bonds is 5. The van der Waals surface area contributed by atoms with Crippen molar-refractivity contribution >= 4 is 5.91 Å². The number of hydrogen-bond donors (Lipinski definition) is 2. The van der Waals surface area contributed by atoms with Gasteiger partial charge in [-0.1, -0.05) is 23.4 Å². The normalized spacial score (nSPS) is 20.5. The molecule has 1 aliphatic heterocycles. The van der Waals surface area contributed by atoms with Gasteiger partial charge in [0.05, 0.1) is 18.2 Å². The average Bonchev–Trinajstić information content (AvgIpc) is 3.42. The standard InChI is InChI=1S/C19H22N6O2/c1-12(17-23-19(27-24-17)13-6-4-3-5-7-13)22-18(26)16-10-20-9-15(16)14-8-21-25(2)11-14/h3-8,11-12,15-16,20H,9-10H2,1-2H3,(H,22,26)/t12?,15-,16+/m1/s1. The maximum atomic E-state index is 12.8. The molecule has 2 aromatic heterocycles. The summed E-state index contributed by atoms with van der Waals surface area (Å²) in [5.41, 5.74) is 1.92. The van der Waals surface area contributed by atoms with Gasteiger partial charge in [0.25, 0.3) is 5.89 Å². The Morgan fingerprint density at radius 1 is 1.33 bits per heavy atom. The van der Waals surface area contributed by atoms with Crippen molar-refractivity contribution in [1.29, 1.82) is 0 Å². The predicted octanol–water partition coefficient (Wildman–Crippen LogP) is 1.65. The molecule has 0 saturated carbocycles. The molecule has 1 unspecified atom stereocenters. The van der Waals surface area contributed by atoms with Gasteiger partial charge in [0.1, 0.15) is 0 Å². The topological polar surface area (TPSA) is 97.9 Å². The molecule has 0 aliphatic carbocycles. The van der Waals surface area contributed by atoms with Crippen molar-refractivity contribution in [3.05, 3.63) is 54.1 Å². The van der Waals surface area contributed by atoms with Crippen molar-refractivity contribution in [3.8, 4) is 11.5 Å². The Labute approximate surface area is 157 Å². The van der Waals surface area contributed by atoms with Gasteiger partial charge in [-0.2, -0.15) is 10.1 Å². The molecule has 2 N–H and O–H groups in total. The van der Waals surface area contributed by atoms with Crippen LogP contribution in [0.2, 0.25) is 0 Å². The Bertz CT molecular complexity index is 919. The summed E-state index contributed by atoms with van der Waals surface area (Å²) in [6, 6.07) is 9.23. The number of nitrogens with zero attached hydrogens (tertiary/aromatic N) is 4. The second kappa shape index (κ2) is 7.32. The van der Waals surface area contributed by atoms with Crippen molar-refractivity contribution in [3.63, 3.8) is 0 Å².